The zero-order valence-electron chi connectivity index (χ0n) is 7.58. The third-order valence-corrected chi connectivity index (χ3v) is 1.66. The number of anilines is 1. The van der Waals surface area contributed by atoms with Crippen LogP contribution in [0.5, 0.6) is 5.88 Å². The van der Waals surface area contributed by atoms with Crippen LogP contribution >= 0.6 is 0 Å². The summed E-state index contributed by atoms with van der Waals surface area (Å²) < 4.78 is 6.46. The number of nitrogen functional groups attached to an aromatic ring is 1. The van der Waals surface area contributed by atoms with E-state index < -0.39 is 0 Å². The Kier molecular flexibility index (Phi) is 2.02. The van der Waals surface area contributed by atoms with E-state index in [4.69, 9.17) is 10.5 Å². The molecule has 0 aliphatic carbocycles. The van der Waals surface area contributed by atoms with Crippen molar-refractivity contribution in [3.8, 4) is 11.7 Å². The van der Waals surface area contributed by atoms with Crippen molar-refractivity contribution in [2.75, 3.05) is 12.8 Å². The number of aromatic nitrogens is 4. The van der Waals surface area contributed by atoms with Crippen LogP contribution < -0.4 is 10.5 Å². The molecular formula is C8H9N5O. The van der Waals surface area contributed by atoms with Crippen LogP contribution in [0.3, 0.4) is 0 Å². The number of pyridine rings is 1. The smallest absolute Gasteiger partial charge is 0.239 e. The molecule has 2 rings (SSSR count). The number of hydrogen-bond acceptors (Lipinski definition) is 5. The Morgan fingerprint density at radius 2 is 2.29 bits per heavy atom. The lowest BCUT2D eigenvalue weighted by atomic mass is 10.4. The lowest BCUT2D eigenvalue weighted by Gasteiger charge is -2.01. The fourth-order valence-corrected chi connectivity index (χ4v) is 1.03. The van der Waals surface area contributed by atoms with Crippen molar-refractivity contribution in [1.82, 2.24) is 19.7 Å². The fourth-order valence-electron chi connectivity index (χ4n) is 1.03. The molecule has 0 saturated heterocycles. The van der Waals surface area contributed by atoms with Crippen molar-refractivity contribution in [3.63, 3.8) is 0 Å². The minimum absolute atomic E-state index is 0.217. The van der Waals surface area contributed by atoms with Crippen LogP contribution in [0.15, 0.2) is 24.5 Å². The lowest BCUT2D eigenvalue weighted by Crippen LogP contribution is -2.00. The van der Waals surface area contributed by atoms with E-state index in [9.17, 15) is 0 Å². The maximum absolute atomic E-state index is 5.38. The van der Waals surface area contributed by atoms with E-state index in [2.05, 4.69) is 15.1 Å². The molecule has 2 aromatic rings. The van der Waals surface area contributed by atoms with Crippen LogP contribution in [0, 0.1) is 0 Å². The van der Waals surface area contributed by atoms with Crippen molar-refractivity contribution in [2.24, 2.45) is 0 Å². The van der Waals surface area contributed by atoms with Crippen LogP contribution in [-0.2, 0) is 0 Å². The van der Waals surface area contributed by atoms with Crippen molar-refractivity contribution in [1.29, 1.82) is 0 Å². The van der Waals surface area contributed by atoms with Crippen molar-refractivity contribution < 1.29 is 4.74 Å². The van der Waals surface area contributed by atoms with Crippen LogP contribution in [0.4, 0.5) is 5.95 Å². The number of nitrogens with two attached hydrogens (primary N) is 1. The lowest BCUT2D eigenvalue weighted by molar-refractivity contribution is 0.397. The normalized spacial score (nSPS) is 10.1. The Morgan fingerprint density at radius 3 is 2.93 bits per heavy atom. The summed E-state index contributed by atoms with van der Waals surface area (Å²) in [5.41, 5.74) is 5.38. The maximum atomic E-state index is 5.38. The molecule has 2 aromatic heterocycles. The molecule has 72 valence electrons. The van der Waals surface area contributed by atoms with Gasteiger partial charge in [-0.05, 0) is 6.07 Å². The molecule has 0 aliphatic rings. The first-order valence-electron chi connectivity index (χ1n) is 3.98. The maximum Gasteiger partial charge on any atom is 0.239 e. The van der Waals surface area contributed by atoms with Gasteiger partial charge in [0.1, 0.15) is 6.33 Å². The second-order valence-electron chi connectivity index (χ2n) is 2.59. The van der Waals surface area contributed by atoms with Gasteiger partial charge in [0.2, 0.25) is 11.8 Å². The number of methoxy groups -OCH3 is 1. The van der Waals surface area contributed by atoms with E-state index in [0.29, 0.717) is 11.7 Å². The first-order chi connectivity index (χ1) is 6.79. The van der Waals surface area contributed by atoms with Crippen molar-refractivity contribution in [3.05, 3.63) is 24.5 Å². The third-order valence-electron chi connectivity index (χ3n) is 1.66. The molecule has 0 atom stereocenters. The van der Waals surface area contributed by atoms with E-state index >= 15 is 0 Å². The van der Waals surface area contributed by atoms with Gasteiger partial charge in [0.15, 0.2) is 5.82 Å². The third kappa shape index (κ3) is 1.49. The summed E-state index contributed by atoms with van der Waals surface area (Å²) in [4.78, 5) is 7.95. The van der Waals surface area contributed by atoms with Crippen LogP contribution in [0.1, 0.15) is 0 Å². The SMILES string of the molecule is COc1cccc(-n2cnc(N)n2)n1. The summed E-state index contributed by atoms with van der Waals surface area (Å²) in [6, 6.07) is 5.36. The Morgan fingerprint density at radius 1 is 1.43 bits per heavy atom. The van der Waals surface area contributed by atoms with Gasteiger partial charge in [-0.1, -0.05) is 6.07 Å². The molecule has 2 N–H and O–H groups in total. The van der Waals surface area contributed by atoms with Gasteiger partial charge >= 0.3 is 0 Å². The predicted octanol–water partition coefficient (Wildman–Crippen LogP) is 0.253. The van der Waals surface area contributed by atoms with E-state index in [0.717, 1.165) is 0 Å². The van der Waals surface area contributed by atoms with E-state index in [1.807, 2.05) is 6.07 Å². The first-order valence-corrected chi connectivity index (χ1v) is 3.98. The first kappa shape index (κ1) is 8.49. The quantitative estimate of drug-likeness (QED) is 0.736. The van der Waals surface area contributed by atoms with Gasteiger partial charge in [0.05, 0.1) is 7.11 Å². The average molecular weight is 191 g/mol. The largest absolute Gasteiger partial charge is 0.481 e. The number of rotatable bonds is 2. The molecule has 0 unspecified atom stereocenters. The van der Waals surface area contributed by atoms with Gasteiger partial charge in [0, 0.05) is 6.07 Å². The van der Waals surface area contributed by atoms with Gasteiger partial charge in [-0.3, -0.25) is 0 Å². The van der Waals surface area contributed by atoms with Crippen molar-refractivity contribution in [2.45, 2.75) is 0 Å². The molecule has 6 heteroatoms. The number of nitrogens with zero attached hydrogens (tertiary/aromatic N) is 4. The Labute approximate surface area is 80.4 Å². The molecule has 14 heavy (non-hydrogen) atoms. The van der Waals surface area contributed by atoms with Crippen LogP contribution in [0.25, 0.3) is 5.82 Å². The fraction of sp³-hybridized carbons (Fsp3) is 0.125. The minimum atomic E-state index is 0.217. The summed E-state index contributed by atoms with van der Waals surface area (Å²) in [5.74, 6) is 1.36. The molecule has 0 bridgehead atoms. The minimum Gasteiger partial charge on any atom is -0.481 e. The second-order valence-corrected chi connectivity index (χ2v) is 2.59. The van der Waals surface area contributed by atoms with E-state index in [-0.39, 0.29) is 5.95 Å². The van der Waals surface area contributed by atoms with Gasteiger partial charge in [-0.2, -0.15) is 4.98 Å². The zero-order chi connectivity index (χ0) is 9.97. The summed E-state index contributed by atoms with van der Waals surface area (Å²) >= 11 is 0. The van der Waals surface area contributed by atoms with E-state index in [1.165, 1.54) is 11.0 Å². The van der Waals surface area contributed by atoms with Gasteiger partial charge in [0.25, 0.3) is 0 Å². The van der Waals surface area contributed by atoms with Gasteiger partial charge in [-0.25, -0.2) is 9.67 Å². The Balaban J connectivity index is 2.41. The monoisotopic (exact) mass is 191 g/mol. The highest BCUT2D eigenvalue weighted by molar-refractivity contribution is 5.27. The summed E-state index contributed by atoms with van der Waals surface area (Å²) in [7, 11) is 1.56. The molecule has 0 radical (unpaired) electrons. The number of ether oxygens (including phenoxy) is 1. The molecule has 0 amide bonds. The second kappa shape index (κ2) is 3.33. The summed E-state index contributed by atoms with van der Waals surface area (Å²) in [6.45, 7) is 0. The van der Waals surface area contributed by atoms with Gasteiger partial charge < -0.3 is 10.5 Å². The van der Waals surface area contributed by atoms with Crippen molar-refractivity contribution >= 4 is 5.95 Å². The Hall–Kier alpha value is -2.11. The average Bonchev–Trinajstić information content (AvgIpc) is 2.65. The Bertz CT molecular complexity index is 439. The molecule has 6 nitrogen and oxygen atoms in total. The molecule has 0 aliphatic heterocycles. The number of hydrogen-bond donors (Lipinski definition) is 1. The topological polar surface area (TPSA) is 78.9 Å². The molecule has 0 saturated carbocycles. The molecule has 2 heterocycles. The molecule has 0 aromatic carbocycles. The van der Waals surface area contributed by atoms with Crippen LogP contribution in [0.2, 0.25) is 0 Å². The molecule has 0 spiro atoms. The standard InChI is InChI=1S/C8H9N5O/c1-14-7-4-2-3-6(11-7)13-5-10-8(9)12-13/h2-5H,1H3,(H2,9,12). The van der Waals surface area contributed by atoms with Gasteiger partial charge in [-0.15, -0.1) is 5.10 Å². The molecular weight excluding hydrogens is 182 g/mol. The molecule has 0 fully saturated rings. The predicted molar refractivity (Wildman–Crippen MR) is 50.1 cm³/mol. The highest BCUT2D eigenvalue weighted by Gasteiger charge is 2.01. The highest BCUT2D eigenvalue weighted by Crippen LogP contribution is 2.09. The van der Waals surface area contributed by atoms with Crippen LogP contribution in [-0.4, -0.2) is 26.9 Å². The zero-order valence-corrected chi connectivity index (χ0v) is 7.58. The highest BCUT2D eigenvalue weighted by atomic mass is 16.5. The van der Waals surface area contributed by atoms with E-state index in [1.54, 1.807) is 19.2 Å². The summed E-state index contributed by atoms with van der Waals surface area (Å²) in [5, 5.41) is 3.92. The summed E-state index contributed by atoms with van der Waals surface area (Å²) in [6.07, 6.45) is 1.50.